The van der Waals surface area contributed by atoms with E-state index in [9.17, 15) is 10.1 Å². The van der Waals surface area contributed by atoms with Crippen LogP contribution in [-0.2, 0) is 11.2 Å². The van der Waals surface area contributed by atoms with Gasteiger partial charge in [0.05, 0.1) is 0 Å². The van der Waals surface area contributed by atoms with E-state index in [1.165, 1.54) is 11.8 Å². The first kappa shape index (κ1) is 19.0. The van der Waals surface area contributed by atoms with Crippen molar-refractivity contribution in [1.82, 2.24) is 4.90 Å². The number of benzene rings is 2. The summed E-state index contributed by atoms with van der Waals surface area (Å²) in [6, 6.07) is 19.6. The summed E-state index contributed by atoms with van der Waals surface area (Å²) in [5.41, 5.74) is 2.24. The highest BCUT2D eigenvalue weighted by atomic mass is 35.5. The van der Waals surface area contributed by atoms with E-state index in [1.807, 2.05) is 12.1 Å². The van der Waals surface area contributed by atoms with E-state index in [1.54, 1.807) is 29.2 Å². The van der Waals surface area contributed by atoms with E-state index in [4.69, 9.17) is 11.6 Å². The van der Waals surface area contributed by atoms with Gasteiger partial charge >= 0.3 is 0 Å². The summed E-state index contributed by atoms with van der Waals surface area (Å²) in [5, 5.41) is 13.0. The van der Waals surface area contributed by atoms with Crippen LogP contribution in [0.2, 0.25) is 5.02 Å². The first-order valence-corrected chi connectivity index (χ1v) is 9.49. The Balaban J connectivity index is 1.54. The quantitative estimate of drug-likeness (QED) is 0.608. The molecule has 5 heteroatoms. The van der Waals surface area contributed by atoms with E-state index >= 15 is 0 Å². The Bertz CT molecular complexity index is 832. The molecule has 0 unspecified atom stereocenters. The van der Waals surface area contributed by atoms with Crippen LogP contribution in [0.4, 0.5) is 5.69 Å². The van der Waals surface area contributed by atoms with Gasteiger partial charge in [0.1, 0.15) is 11.6 Å². The molecule has 1 aliphatic rings. The van der Waals surface area contributed by atoms with Gasteiger partial charge in [-0.3, -0.25) is 4.79 Å². The monoisotopic (exact) mass is 379 g/mol. The van der Waals surface area contributed by atoms with Gasteiger partial charge in [-0.2, -0.15) is 5.26 Å². The molecule has 2 aromatic carbocycles. The zero-order valence-corrected chi connectivity index (χ0v) is 15.8. The number of nitrogens with zero attached hydrogens (tertiary/aromatic N) is 2. The molecule has 1 amide bonds. The Labute approximate surface area is 165 Å². The smallest absolute Gasteiger partial charge is 0.266 e. The summed E-state index contributed by atoms with van der Waals surface area (Å²) in [6.07, 6.45) is 4.44. The fraction of sp³-hybridized carbons (Fsp3) is 0.273. The number of hydrogen-bond donors (Lipinski definition) is 1. The largest absolute Gasteiger partial charge is 0.360 e. The van der Waals surface area contributed by atoms with Crippen molar-refractivity contribution in [2.24, 2.45) is 5.92 Å². The number of nitrogens with one attached hydrogen (secondary N) is 1. The molecule has 4 nitrogen and oxygen atoms in total. The van der Waals surface area contributed by atoms with Crippen LogP contribution in [0, 0.1) is 17.2 Å². The van der Waals surface area contributed by atoms with Crippen molar-refractivity contribution in [3.8, 4) is 6.07 Å². The van der Waals surface area contributed by atoms with Gasteiger partial charge in [0.15, 0.2) is 0 Å². The summed E-state index contributed by atoms with van der Waals surface area (Å²) in [7, 11) is 0. The summed E-state index contributed by atoms with van der Waals surface area (Å²) in [5.74, 6) is 0.371. The molecule has 1 N–H and O–H groups in total. The van der Waals surface area contributed by atoms with Gasteiger partial charge in [-0.15, -0.1) is 0 Å². The topological polar surface area (TPSA) is 56.1 Å². The van der Waals surface area contributed by atoms with Crippen molar-refractivity contribution in [2.75, 3.05) is 18.4 Å². The lowest BCUT2D eigenvalue weighted by Crippen LogP contribution is -2.39. The minimum Gasteiger partial charge on any atom is -0.360 e. The summed E-state index contributed by atoms with van der Waals surface area (Å²) < 4.78 is 0. The number of amides is 1. The van der Waals surface area contributed by atoms with Gasteiger partial charge in [-0.05, 0) is 55.0 Å². The van der Waals surface area contributed by atoms with Crippen LogP contribution < -0.4 is 5.32 Å². The van der Waals surface area contributed by atoms with E-state index < -0.39 is 0 Å². The normalized spacial score (nSPS) is 15.3. The summed E-state index contributed by atoms with van der Waals surface area (Å²) in [6.45, 7) is 1.38. The Morgan fingerprint density at radius 1 is 1.15 bits per heavy atom. The highest BCUT2D eigenvalue weighted by molar-refractivity contribution is 6.30. The predicted molar refractivity (Wildman–Crippen MR) is 108 cm³/mol. The zero-order valence-electron chi connectivity index (χ0n) is 15.1. The van der Waals surface area contributed by atoms with E-state index in [-0.39, 0.29) is 11.5 Å². The van der Waals surface area contributed by atoms with Crippen molar-refractivity contribution in [2.45, 2.75) is 19.3 Å². The molecule has 1 fully saturated rings. The molecule has 0 spiro atoms. The molecular weight excluding hydrogens is 358 g/mol. The molecule has 0 radical (unpaired) electrons. The summed E-state index contributed by atoms with van der Waals surface area (Å²) in [4.78, 5) is 14.4. The molecule has 0 bridgehead atoms. The van der Waals surface area contributed by atoms with Crippen molar-refractivity contribution in [1.29, 1.82) is 5.26 Å². The van der Waals surface area contributed by atoms with Crippen molar-refractivity contribution in [3.63, 3.8) is 0 Å². The second kappa shape index (κ2) is 9.25. The van der Waals surface area contributed by atoms with Gasteiger partial charge < -0.3 is 10.2 Å². The van der Waals surface area contributed by atoms with Crippen molar-refractivity contribution in [3.05, 3.63) is 77.0 Å². The Morgan fingerprint density at radius 2 is 1.81 bits per heavy atom. The maximum atomic E-state index is 12.6. The van der Waals surface area contributed by atoms with E-state index in [0.717, 1.165) is 24.9 Å². The lowest BCUT2D eigenvalue weighted by Gasteiger charge is -2.32. The number of piperidine rings is 1. The number of anilines is 1. The highest BCUT2D eigenvalue weighted by Crippen LogP contribution is 2.22. The van der Waals surface area contributed by atoms with Crippen LogP contribution in [0.3, 0.4) is 0 Å². The van der Waals surface area contributed by atoms with Gasteiger partial charge in [0.2, 0.25) is 0 Å². The third kappa shape index (κ3) is 5.35. The van der Waals surface area contributed by atoms with Crippen LogP contribution in [0.1, 0.15) is 18.4 Å². The van der Waals surface area contributed by atoms with Crippen LogP contribution in [-0.4, -0.2) is 23.9 Å². The first-order chi connectivity index (χ1) is 13.2. The van der Waals surface area contributed by atoms with Crippen LogP contribution in [0.25, 0.3) is 0 Å². The number of hydrogen-bond acceptors (Lipinski definition) is 3. The maximum Gasteiger partial charge on any atom is 0.266 e. The fourth-order valence-corrected chi connectivity index (χ4v) is 3.43. The zero-order chi connectivity index (χ0) is 19.1. The average Bonchev–Trinajstić information content (AvgIpc) is 2.71. The van der Waals surface area contributed by atoms with Crippen molar-refractivity contribution >= 4 is 23.2 Å². The Kier molecular flexibility index (Phi) is 6.51. The molecule has 3 rings (SSSR count). The molecule has 0 atom stereocenters. The van der Waals surface area contributed by atoms with Gasteiger partial charge in [0.25, 0.3) is 5.91 Å². The lowest BCUT2D eigenvalue weighted by atomic mass is 9.90. The minimum atomic E-state index is -0.211. The Hall–Kier alpha value is -2.77. The van der Waals surface area contributed by atoms with Gasteiger partial charge in [-0.25, -0.2) is 0 Å². The molecule has 1 heterocycles. The van der Waals surface area contributed by atoms with E-state index in [2.05, 4.69) is 29.6 Å². The predicted octanol–water partition coefficient (Wildman–Crippen LogP) is 4.64. The molecule has 1 aliphatic heterocycles. The minimum absolute atomic E-state index is 0.117. The van der Waals surface area contributed by atoms with Crippen LogP contribution in [0.5, 0.6) is 0 Å². The molecule has 0 saturated carbocycles. The SMILES string of the molecule is N#C/C(=C/Nc1ccc(Cl)cc1)C(=O)N1CCC(Cc2ccccc2)CC1. The second-order valence-electron chi connectivity index (χ2n) is 6.75. The molecule has 0 aromatic heterocycles. The van der Waals surface area contributed by atoms with Crippen molar-refractivity contribution < 1.29 is 4.79 Å². The molecule has 138 valence electrons. The highest BCUT2D eigenvalue weighted by Gasteiger charge is 2.25. The number of likely N-dealkylation sites (tertiary alicyclic amines) is 1. The second-order valence-corrected chi connectivity index (χ2v) is 7.18. The van der Waals surface area contributed by atoms with Gasteiger partial charge in [0, 0.05) is 30.0 Å². The molecule has 27 heavy (non-hydrogen) atoms. The average molecular weight is 380 g/mol. The molecule has 1 saturated heterocycles. The fourth-order valence-electron chi connectivity index (χ4n) is 3.30. The third-order valence-electron chi connectivity index (χ3n) is 4.85. The number of carbonyl (C=O) groups excluding carboxylic acids is 1. The standard InChI is InChI=1S/C22H22ClN3O/c23-20-6-8-21(9-7-20)25-16-19(15-24)22(27)26-12-10-18(11-13-26)14-17-4-2-1-3-5-17/h1-9,16,18,25H,10-14H2/b19-16-. The lowest BCUT2D eigenvalue weighted by molar-refractivity contribution is -0.128. The third-order valence-corrected chi connectivity index (χ3v) is 5.10. The van der Waals surface area contributed by atoms with Crippen LogP contribution in [0.15, 0.2) is 66.4 Å². The van der Waals surface area contributed by atoms with Gasteiger partial charge in [-0.1, -0.05) is 41.9 Å². The number of halogens is 1. The number of nitriles is 1. The number of rotatable bonds is 5. The van der Waals surface area contributed by atoms with E-state index in [0.29, 0.717) is 24.0 Å². The summed E-state index contributed by atoms with van der Waals surface area (Å²) >= 11 is 5.86. The maximum absolute atomic E-state index is 12.6. The Morgan fingerprint density at radius 3 is 2.44 bits per heavy atom. The molecular formula is C22H22ClN3O. The molecule has 2 aromatic rings. The van der Waals surface area contributed by atoms with Crippen LogP contribution >= 0.6 is 11.6 Å². The molecule has 0 aliphatic carbocycles. The first-order valence-electron chi connectivity index (χ1n) is 9.11. The number of carbonyl (C=O) groups is 1.